The molecule has 0 spiro atoms. The zero-order valence-electron chi connectivity index (χ0n) is 9.35. The third-order valence-electron chi connectivity index (χ3n) is 2.79. The van der Waals surface area contributed by atoms with Crippen molar-refractivity contribution in [3.05, 3.63) is 35.4 Å². The van der Waals surface area contributed by atoms with Crippen LogP contribution in [0.2, 0.25) is 0 Å². The second-order valence-corrected chi connectivity index (χ2v) is 4.04. The molecule has 0 radical (unpaired) electrons. The molecule has 1 rings (SSSR count). The minimum absolute atomic E-state index is 0.330. The maximum Gasteiger partial charge on any atom is 0.126 e. The van der Waals surface area contributed by atoms with Crippen molar-refractivity contribution in [3.63, 3.8) is 0 Å². The van der Waals surface area contributed by atoms with E-state index in [9.17, 15) is 8.78 Å². The first-order valence-electron chi connectivity index (χ1n) is 5.15. The van der Waals surface area contributed by atoms with Crippen LogP contribution in [0.1, 0.15) is 19.4 Å². The van der Waals surface area contributed by atoms with Crippen LogP contribution in [0.25, 0.3) is 0 Å². The first kappa shape index (κ1) is 12.1. The maximum atomic E-state index is 12.9. The molecule has 0 saturated carbocycles. The number of halogens is 2. The molecule has 1 N–H and O–H groups in total. The Bertz CT molecular complexity index is 305. The molecule has 0 heterocycles. The monoisotopic (exact) mass is 213 g/mol. The van der Waals surface area contributed by atoms with Gasteiger partial charge in [0.25, 0.3) is 0 Å². The molecule has 0 fully saturated rings. The van der Waals surface area contributed by atoms with E-state index in [1.54, 1.807) is 0 Å². The summed E-state index contributed by atoms with van der Waals surface area (Å²) in [5, 5.41) is 3.13. The molecule has 2 unspecified atom stereocenters. The molecule has 0 amide bonds. The number of nitrogens with one attached hydrogen (secondary N) is 1. The molecule has 2 atom stereocenters. The Hall–Kier alpha value is -0.960. The zero-order valence-corrected chi connectivity index (χ0v) is 9.35. The molecule has 1 aromatic rings. The highest BCUT2D eigenvalue weighted by atomic mass is 19.1. The number of hydrogen-bond acceptors (Lipinski definition) is 1. The quantitative estimate of drug-likeness (QED) is 0.811. The van der Waals surface area contributed by atoms with Gasteiger partial charge in [0.1, 0.15) is 11.6 Å². The van der Waals surface area contributed by atoms with E-state index < -0.39 is 11.6 Å². The second kappa shape index (κ2) is 5.21. The fraction of sp³-hybridized carbons (Fsp3) is 0.500. The van der Waals surface area contributed by atoms with Gasteiger partial charge in [-0.1, -0.05) is 6.92 Å². The molecule has 0 aliphatic carbocycles. The van der Waals surface area contributed by atoms with E-state index >= 15 is 0 Å². The minimum atomic E-state index is -0.505. The van der Waals surface area contributed by atoms with E-state index in [4.69, 9.17) is 0 Å². The highest BCUT2D eigenvalue weighted by Gasteiger charge is 2.11. The molecule has 15 heavy (non-hydrogen) atoms. The van der Waals surface area contributed by atoms with Crippen molar-refractivity contribution in [2.75, 3.05) is 7.05 Å². The molecule has 0 aliphatic rings. The van der Waals surface area contributed by atoms with Crippen molar-refractivity contribution in [2.24, 2.45) is 5.92 Å². The molecule has 0 aliphatic heterocycles. The summed E-state index contributed by atoms with van der Waals surface area (Å²) in [7, 11) is 1.88. The topological polar surface area (TPSA) is 12.0 Å². The molecule has 0 aromatic heterocycles. The van der Waals surface area contributed by atoms with Crippen molar-refractivity contribution in [3.8, 4) is 0 Å². The molecule has 1 nitrogen and oxygen atoms in total. The van der Waals surface area contributed by atoms with Crippen molar-refractivity contribution in [1.82, 2.24) is 5.32 Å². The summed E-state index contributed by atoms with van der Waals surface area (Å²) in [5.74, 6) is -0.667. The first-order valence-corrected chi connectivity index (χ1v) is 5.15. The van der Waals surface area contributed by atoms with Gasteiger partial charge in [0.15, 0.2) is 0 Å². The maximum absolute atomic E-state index is 12.9. The normalized spacial score (nSPS) is 15.0. The van der Waals surface area contributed by atoms with Gasteiger partial charge in [0.2, 0.25) is 0 Å². The summed E-state index contributed by atoms with van der Waals surface area (Å²) >= 11 is 0. The van der Waals surface area contributed by atoms with Gasteiger partial charge in [-0.15, -0.1) is 0 Å². The van der Waals surface area contributed by atoms with Crippen LogP contribution in [-0.4, -0.2) is 13.1 Å². The molecular formula is C12H17F2N. The molecule has 0 bridgehead atoms. The highest BCUT2D eigenvalue weighted by molar-refractivity contribution is 5.18. The van der Waals surface area contributed by atoms with E-state index in [1.807, 2.05) is 7.05 Å². The van der Waals surface area contributed by atoms with Crippen LogP contribution < -0.4 is 5.32 Å². The van der Waals surface area contributed by atoms with Gasteiger partial charge in [-0.2, -0.15) is 0 Å². The predicted molar refractivity (Wildman–Crippen MR) is 57.7 cm³/mol. The first-order chi connectivity index (χ1) is 7.02. The fourth-order valence-corrected chi connectivity index (χ4v) is 1.56. The lowest BCUT2D eigenvalue weighted by Crippen LogP contribution is -2.29. The van der Waals surface area contributed by atoms with Gasteiger partial charge in [-0.3, -0.25) is 0 Å². The van der Waals surface area contributed by atoms with Gasteiger partial charge in [-0.05, 0) is 44.0 Å². The number of rotatable bonds is 4. The van der Waals surface area contributed by atoms with Crippen molar-refractivity contribution in [2.45, 2.75) is 26.3 Å². The van der Waals surface area contributed by atoms with Gasteiger partial charge in [0, 0.05) is 12.1 Å². The van der Waals surface area contributed by atoms with E-state index in [1.165, 1.54) is 12.1 Å². The minimum Gasteiger partial charge on any atom is -0.317 e. The second-order valence-electron chi connectivity index (χ2n) is 4.04. The van der Waals surface area contributed by atoms with Crippen LogP contribution in [-0.2, 0) is 6.42 Å². The average Bonchev–Trinajstić information content (AvgIpc) is 2.14. The Morgan fingerprint density at radius 3 is 2.13 bits per heavy atom. The summed E-state index contributed by atoms with van der Waals surface area (Å²) in [5.41, 5.74) is 0.710. The molecular weight excluding hydrogens is 196 g/mol. The third kappa shape index (κ3) is 3.59. The predicted octanol–water partition coefficient (Wildman–Crippen LogP) is 2.75. The fourth-order valence-electron chi connectivity index (χ4n) is 1.56. The van der Waals surface area contributed by atoms with Crippen molar-refractivity contribution < 1.29 is 8.78 Å². The van der Waals surface area contributed by atoms with Crippen LogP contribution in [0.15, 0.2) is 18.2 Å². The summed E-state index contributed by atoms with van der Waals surface area (Å²) in [6.07, 6.45) is 0.677. The lowest BCUT2D eigenvalue weighted by atomic mass is 9.95. The number of hydrogen-bond donors (Lipinski definition) is 1. The smallest absolute Gasteiger partial charge is 0.126 e. The zero-order chi connectivity index (χ0) is 11.4. The molecule has 84 valence electrons. The summed E-state index contributed by atoms with van der Waals surface area (Å²) < 4.78 is 25.8. The van der Waals surface area contributed by atoms with E-state index in [0.717, 1.165) is 6.07 Å². The van der Waals surface area contributed by atoms with Crippen molar-refractivity contribution in [1.29, 1.82) is 0 Å². The van der Waals surface area contributed by atoms with Crippen LogP contribution in [0, 0.1) is 17.6 Å². The third-order valence-corrected chi connectivity index (χ3v) is 2.79. The standard InChI is InChI=1S/C12H17F2N/c1-8(9(2)15-3)4-10-5-11(13)7-12(14)6-10/h5-9,15H,4H2,1-3H3. The van der Waals surface area contributed by atoms with Crippen LogP contribution in [0.5, 0.6) is 0 Å². The van der Waals surface area contributed by atoms with Crippen LogP contribution in [0.3, 0.4) is 0 Å². The Balaban J connectivity index is 2.72. The largest absolute Gasteiger partial charge is 0.317 e. The van der Waals surface area contributed by atoms with Gasteiger partial charge >= 0.3 is 0 Å². The Labute approximate surface area is 89.5 Å². The van der Waals surface area contributed by atoms with Gasteiger partial charge in [0.05, 0.1) is 0 Å². The Kier molecular flexibility index (Phi) is 4.21. The van der Waals surface area contributed by atoms with Crippen LogP contribution >= 0.6 is 0 Å². The SMILES string of the molecule is CNC(C)C(C)Cc1cc(F)cc(F)c1. The molecule has 0 saturated heterocycles. The average molecular weight is 213 g/mol. The number of benzene rings is 1. The summed E-state index contributed by atoms with van der Waals surface area (Å²) in [6, 6.07) is 4.01. The van der Waals surface area contributed by atoms with E-state index in [-0.39, 0.29) is 0 Å². The lowest BCUT2D eigenvalue weighted by Gasteiger charge is -2.19. The van der Waals surface area contributed by atoms with Crippen molar-refractivity contribution >= 4 is 0 Å². The Morgan fingerprint density at radius 2 is 1.67 bits per heavy atom. The van der Waals surface area contributed by atoms with Gasteiger partial charge < -0.3 is 5.32 Å². The summed E-state index contributed by atoms with van der Waals surface area (Å²) in [6.45, 7) is 4.12. The lowest BCUT2D eigenvalue weighted by molar-refractivity contribution is 0.422. The van der Waals surface area contributed by atoms with Crippen LogP contribution in [0.4, 0.5) is 8.78 Å². The summed E-state index contributed by atoms with van der Waals surface area (Å²) in [4.78, 5) is 0. The van der Waals surface area contributed by atoms with E-state index in [2.05, 4.69) is 19.2 Å². The van der Waals surface area contributed by atoms with E-state index in [0.29, 0.717) is 23.9 Å². The molecule has 3 heteroatoms. The van der Waals surface area contributed by atoms with Gasteiger partial charge in [-0.25, -0.2) is 8.78 Å². The highest BCUT2D eigenvalue weighted by Crippen LogP contribution is 2.14. The Morgan fingerprint density at radius 1 is 1.13 bits per heavy atom. The molecule has 1 aromatic carbocycles.